The molecule has 31 heavy (non-hydrogen) atoms. The quantitative estimate of drug-likeness (QED) is 0.255. The molecule has 0 radical (unpaired) electrons. The van der Waals surface area contributed by atoms with Gasteiger partial charge >= 0.3 is 0 Å². The average Bonchev–Trinajstić information content (AvgIpc) is 3.24. The summed E-state index contributed by atoms with van der Waals surface area (Å²) in [6, 6.07) is 29.5. The molecule has 0 spiro atoms. The molecular weight excluding hydrogens is 406 g/mol. The van der Waals surface area contributed by atoms with E-state index in [1.54, 1.807) is 5.38 Å². The Morgan fingerprint density at radius 2 is 1.32 bits per heavy atom. The highest BCUT2D eigenvalue weighted by Gasteiger charge is 2.40. The van der Waals surface area contributed by atoms with Crippen molar-refractivity contribution in [2.24, 2.45) is 5.16 Å². The van der Waals surface area contributed by atoms with Crippen molar-refractivity contribution >= 4 is 28.0 Å². The van der Waals surface area contributed by atoms with Gasteiger partial charge < -0.3 is 10.6 Å². The Morgan fingerprint density at radius 1 is 0.871 bits per heavy atom. The third-order valence-electron chi connectivity index (χ3n) is 4.91. The lowest BCUT2D eigenvalue weighted by Gasteiger charge is -2.33. The van der Waals surface area contributed by atoms with Gasteiger partial charge in [-0.05, 0) is 0 Å². The SMILES string of the molecule is CC(=O)/C(=N\OC(c1ccccc1)(c1ccccc1)c1ccccc1)c1csc(N)n1. The van der Waals surface area contributed by atoms with E-state index in [9.17, 15) is 4.79 Å². The summed E-state index contributed by atoms with van der Waals surface area (Å²) < 4.78 is 0. The molecule has 2 N–H and O–H groups in total. The van der Waals surface area contributed by atoms with Crippen LogP contribution in [0.2, 0.25) is 0 Å². The molecule has 4 aromatic rings. The number of carbonyl (C=O) groups excluding carboxylic acids is 1. The van der Waals surface area contributed by atoms with Gasteiger partial charge in [-0.1, -0.05) is 96.2 Å². The van der Waals surface area contributed by atoms with Crippen LogP contribution in [0.25, 0.3) is 0 Å². The summed E-state index contributed by atoms with van der Waals surface area (Å²) in [5, 5.41) is 6.43. The van der Waals surface area contributed by atoms with Crippen molar-refractivity contribution in [2.75, 3.05) is 5.73 Å². The number of thiazole rings is 1. The molecule has 0 unspecified atom stereocenters. The van der Waals surface area contributed by atoms with Crippen LogP contribution in [-0.2, 0) is 15.2 Å². The Bertz CT molecular complexity index is 1090. The van der Waals surface area contributed by atoms with Crippen molar-refractivity contribution < 1.29 is 9.63 Å². The summed E-state index contributed by atoms with van der Waals surface area (Å²) in [4.78, 5) is 23.0. The number of hydrogen-bond donors (Lipinski definition) is 1. The van der Waals surface area contributed by atoms with Crippen molar-refractivity contribution in [2.45, 2.75) is 12.5 Å². The number of nitrogens with two attached hydrogens (primary N) is 1. The molecular formula is C25H21N3O2S. The number of benzene rings is 3. The number of hydrogen-bond acceptors (Lipinski definition) is 6. The Kier molecular flexibility index (Phi) is 5.91. The molecule has 1 heterocycles. The Morgan fingerprint density at radius 3 is 1.68 bits per heavy atom. The number of anilines is 1. The first-order valence-electron chi connectivity index (χ1n) is 9.76. The molecule has 0 fully saturated rings. The van der Waals surface area contributed by atoms with Crippen LogP contribution in [0.15, 0.2) is 102 Å². The van der Waals surface area contributed by atoms with Gasteiger partial charge in [-0.2, -0.15) is 0 Å². The van der Waals surface area contributed by atoms with E-state index in [0.29, 0.717) is 10.8 Å². The molecule has 3 aromatic carbocycles. The largest absolute Gasteiger partial charge is 0.375 e. The zero-order chi connectivity index (χ0) is 21.7. The lowest BCUT2D eigenvalue weighted by molar-refractivity contribution is -0.111. The van der Waals surface area contributed by atoms with E-state index in [-0.39, 0.29) is 11.5 Å². The molecule has 5 nitrogen and oxygen atoms in total. The second kappa shape index (κ2) is 8.93. The average molecular weight is 428 g/mol. The second-order valence-electron chi connectivity index (χ2n) is 6.94. The van der Waals surface area contributed by atoms with Crippen molar-refractivity contribution in [3.05, 3.63) is 119 Å². The van der Waals surface area contributed by atoms with Gasteiger partial charge in [0.2, 0.25) is 5.60 Å². The summed E-state index contributed by atoms with van der Waals surface area (Å²) in [6.07, 6.45) is 0. The standard InChI is InChI=1S/C25H21N3O2S/c1-18(29)23(22-17-31-24(26)27-22)28-30-25(19-11-5-2-6-12-19,20-13-7-3-8-14-20)21-15-9-4-10-16-21/h2-17H,1H3,(H2,26,27)/b28-23+. The Hall–Kier alpha value is -3.77. The fourth-order valence-corrected chi connectivity index (χ4v) is 4.03. The van der Waals surface area contributed by atoms with Crippen LogP contribution in [0.3, 0.4) is 0 Å². The third-order valence-corrected chi connectivity index (χ3v) is 5.59. The Balaban J connectivity index is 1.95. The summed E-state index contributed by atoms with van der Waals surface area (Å²) in [7, 11) is 0. The number of nitrogen functional groups attached to an aromatic ring is 1. The van der Waals surface area contributed by atoms with Crippen LogP contribution >= 0.6 is 11.3 Å². The number of ketones is 1. The van der Waals surface area contributed by atoms with Crippen LogP contribution < -0.4 is 5.73 Å². The second-order valence-corrected chi connectivity index (χ2v) is 7.83. The molecule has 0 aliphatic heterocycles. The van der Waals surface area contributed by atoms with Gasteiger partial charge in [-0.15, -0.1) is 11.3 Å². The van der Waals surface area contributed by atoms with Gasteiger partial charge in [0.1, 0.15) is 5.69 Å². The molecule has 4 rings (SSSR count). The number of carbonyl (C=O) groups is 1. The van der Waals surface area contributed by atoms with E-state index in [1.807, 2.05) is 91.0 Å². The molecule has 154 valence electrons. The van der Waals surface area contributed by atoms with E-state index < -0.39 is 5.60 Å². The van der Waals surface area contributed by atoms with Crippen LogP contribution in [0.4, 0.5) is 5.13 Å². The maximum absolute atomic E-state index is 12.4. The number of nitrogens with zero attached hydrogens (tertiary/aromatic N) is 2. The zero-order valence-electron chi connectivity index (χ0n) is 16.9. The molecule has 0 amide bonds. The van der Waals surface area contributed by atoms with Gasteiger partial charge in [0.25, 0.3) is 0 Å². The fourth-order valence-electron chi connectivity index (χ4n) is 3.48. The third kappa shape index (κ3) is 4.11. The summed E-state index contributed by atoms with van der Waals surface area (Å²) >= 11 is 1.25. The lowest BCUT2D eigenvalue weighted by Crippen LogP contribution is -2.32. The van der Waals surface area contributed by atoms with E-state index in [0.717, 1.165) is 16.7 Å². The zero-order valence-corrected chi connectivity index (χ0v) is 17.8. The highest BCUT2D eigenvalue weighted by molar-refractivity contribution is 7.13. The number of aromatic nitrogens is 1. The molecule has 0 aliphatic carbocycles. The van der Waals surface area contributed by atoms with Crippen LogP contribution in [0, 0.1) is 0 Å². The van der Waals surface area contributed by atoms with Crippen molar-refractivity contribution in [3.63, 3.8) is 0 Å². The molecule has 0 saturated heterocycles. The highest BCUT2D eigenvalue weighted by atomic mass is 32.1. The van der Waals surface area contributed by atoms with E-state index in [2.05, 4.69) is 10.1 Å². The first kappa shape index (κ1) is 20.5. The van der Waals surface area contributed by atoms with E-state index in [1.165, 1.54) is 18.3 Å². The normalized spacial score (nSPS) is 11.8. The van der Waals surface area contributed by atoms with Crippen molar-refractivity contribution in [1.29, 1.82) is 0 Å². The highest BCUT2D eigenvalue weighted by Crippen LogP contribution is 2.40. The molecule has 0 bridgehead atoms. The Labute approximate surface area is 184 Å². The maximum Gasteiger partial charge on any atom is 0.212 e. The van der Waals surface area contributed by atoms with Crippen molar-refractivity contribution in [3.8, 4) is 0 Å². The molecule has 0 atom stereocenters. The van der Waals surface area contributed by atoms with Gasteiger partial charge in [0.15, 0.2) is 16.6 Å². The van der Waals surface area contributed by atoms with Gasteiger partial charge in [0, 0.05) is 29.0 Å². The van der Waals surface area contributed by atoms with Gasteiger partial charge in [-0.25, -0.2) is 4.98 Å². The first-order chi connectivity index (χ1) is 15.1. The van der Waals surface area contributed by atoms with Crippen LogP contribution in [0.5, 0.6) is 0 Å². The van der Waals surface area contributed by atoms with Crippen LogP contribution in [-0.4, -0.2) is 16.5 Å². The number of Topliss-reactive ketones (excluding diaryl/α,β-unsaturated/α-hetero) is 1. The molecule has 6 heteroatoms. The number of rotatable bonds is 7. The summed E-state index contributed by atoms with van der Waals surface area (Å²) in [6.45, 7) is 1.44. The smallest absolute Gasteiger partial charge is 0.212 e. The predicted molar refractivity (Wildman–Crippen MR) is 124 cm³/mol. The summed E-state index contributed by atoms with van der Waals surface area (Å²) in [5.74, 6) is -0.256. The van der Waals surface area contributed by atoms with E-state index in [4.69, 9.17) is 10.6 Å². The number of oxime groups is 1. The van der Waals surface area contributed by atoms with E-state index >= 15 is 0 Å². The minimum absolute atomic E-state index is 0.125. The van der Waals surface area contributed by atoms with Gasteiger partial charge in [-0.3, -0.25) is 4.79 Å². The monoisotopic (exact) mass is 427 g/mol. The topological polar surface area (TPSA) is 77.6 Å². The van der Waals surface area contributed by atoms with Crippen molar-refractivity contribution in [1.82, 2.24) is 4.98 Å². The maximum atomic E-state index is 12.4. The van der Waals surface area contributed by atoms with Crippen LogP contribution in [0.1, 0.15) is 29.3 Å². The molecule has 1 aromatic heterocycles. The molecule has 0 aliphatic rings. The minimum atomic E-state index is -1.06. The summed E-state index contributed by atoms with van der Waals surface area (Å²) in [5.41, 5.74) is 7.89. The predicted octanol–water partition coefficient (Wildman–Crippen LogP) is 5.03. The minimum Gasteiger partial charge on any atom is -0.375 e. The lowest BCUT2D eigenvalue weighted by atomic mass is 9.80. The molecule has 0 saturated carbocycles. The first-order valence-corrected chi connectivity index (χ1v) is 10.6. The van der Waals surface area contributed by atoms with Gasteiger partial charge in [0.05, 0.1) is 0 Å². The fraction of sp³-hybridized carbons (Fsp3) is 0.0800.